The fourth-order valence-electron chi connectivity index (χ4n) is 2.51. The number of carbonyl (C=O) groups is 2. The highest BCUT2D eigenvalue weighted by Crippen LogP contribution is 2.15. The van der Waals surface area contributed by atoms with Gasteiger partial charge in [-0.2, -0.15) is 0 Å². The molecule has 0 aliphatic carbocycles. The number of para-hydroxylation sites is 1. The summed E-state index contributed by atoms with van der Waals surface area (Å²) in [5.41, 5.74) is 7.32. The zero-order chi connectivity index (χ0) is 17.1. The Kier molecular flexibility index (Phi) is 4.32. The molecule has 1 aliphatic heterocycles. The molecule has 0 unspecified atom stereocenters. The van der Waals surface area contributed by atoms with Crippen molar-refractivity contribution in [3.63, 3.8) is 0 Å². The number of nitrogens with two attached hydrogens (primary N) is 1. The van der Waals surface area contributed by atoms with Crippen LogP contribution in [0.4, 0.5) is 16.3 Å². The molecule has 1 fully saturated rings. The van der Waals surface area contributed by atoms with Gasteiger partial charge in [-0.15, -0.1) is 0 Å². The minimum Gasteiger partial charge on any atom is -0.379 e. The summed E-state index contributed by atoms with van der Waals surface area (Å²) in [4.78, 5) is 27.8. The largest absolute Gasteiger partial charge is 0.379 e. The van der Waals surface area contributed by atoms with Gasteiger partial charge in [-0.3, -0.25) is 4.79 Å². The predicted octanol–water partition coefficient (Wildman–Crippen LogP) is 0.950. The molecular weight excluding hydrogens is 312 g/mol. The van der Waals surface area contributed by atoms with Gasteiger partial charge >= 0.3 is 6.03 Å². The van der Waals surface area contributed by atoms with E-state index in [-0.39, 0.29) is 23.5 Å². The number of urea groups is 1. The molecule has 1 aromatic carbocycles. The van der Waals surface area contributed by atoms with Crippen LogP contribution in [0.3, 0.4) is 0 Å². The third kappa shape index (κ3) is 3.14. The second kappa shape index (κ2) is 6.57. The number of aryl methyl sites for hydroxylation is 1. The van der Waals surface area contributed by atoms with Crippen LogP contribution in [0.1, 0.15) is 16.1 Å². The lowest BCUT2D eigenvalue weighted by molar-refractivity contribution is 0.0661. The van der Waals surface area contributed by atoms with E-state index in [2.05, 4.69) is 20.3 Å². The Hall–Kier alpha value is -3.10. The van der Waals surface area contributed by atoms with E-state index in [1.807, 2.05) is 31.2 Å². The highest BCUT2D eigenvalue weighted by atomic mass is 16.6. The van der Waals surface area contributed by atoms with Gasteiger partial charge < -0.3 is 20.9 Å². The third-order valence-corrected chi connectivity index (χ3v) is 3.96. The normalized spacial score (nSPS) is 14.5. The smallest absolute Gasteiger partial charge is 0.321 e. The van der Waals surface area contributed by atoms with Gasteiger partial charge in [-0.1, -0.05) is 18.2 Å². The monoisotopic (exact) mass is 330 g/mol. The minimum atomic E-state index is -0.340. The highest BCUT2D eigenvalue weighted by molar-refractivity contribution is 5.96. The number of piperazine rings is 1. The van der Waals surface area contributed by atoms with E-state index in [0.29, 0.717) is 26.2 Å². The molecule has 9 nitrogen and oxygen atoms in total. The number of anilines is 2. The van der Waals surface area contributed by atoms with Crippen molar-refractivity contribution in [2.24, 2.45) is 0 Å². The number of carbonyl (C=O) groups excluding carboxylic acids is 2. The lowest BCUT2D eigenvalue weighted by Crippen LogP contribution is -2.51. The number of nitrogen functional groups attached to an aromatic ring is 1. The summed E-state index contributed by atoms with van der Waals surface area (Å²) in [6, 6.07) is 7.39. The van der Waals surface area contributed by atoms with Gasteiger partial charge in [0.05, 0.1) is 0 Å². The maximum atomic E-state index is 12.3. The quantitative estimate of drug-likeness (QED) is 0.846. The summed E-state index contributed by atoms with van der Waals surface area (Å²) >= 11 is 0. The van der Waals surface area contributed by atoms with Crippen LogP contribution in [0, 0.1) is 6.92 Å². The Morgan fingerprint density at radius 2 is 1.79 bits per heavy atom. The number of aromatic nitrogens is 2. The van der Waals surface area contributed by atoms with Gasteiger partial charge in [0.15, 0.2) is 0 Å². The summed E-state index contributed by atoms with van der Waals surface area (Å²) in [5, 5.41) is 9.80. The van der Waals surface area contributed by atoms with Crippen LogP contribution in [0.2, 0.25) is 0 Å². The number of hydrogen-bond acceptors (Lipinski definition) is 6. The van der Waals surface area contributed by atoms with Crippen molar-refractivity contribution in [3.05, 3.63) is 35.5 Å². The first-order valence-electron chi connectivity index (χ1n) is 7.55. The van der Waals surface area contributed by atoms with Crippen molar-refractivity contribution in [3.8, 4) is 0 Å². The molecule has 0 spiro atoms. The Morgan fingerprint density at radius 3 is 2.42 bits per heavy atom. The van der Waals surface area contributed by atoms with Crippen LogP contribution in [0.25, 0.3) is 0 Å². The molecule has 0 radical (unpaired) electrons. The van der Waals surface area contributed by atoms with E-state index in [9.17, 15) is 9.59 Å². The number of nitrogens with one attached hydrogen (secondary N) is 1. The maximum absolute atomic E-state index is 12.3. The molecule has 0 saturated carbocycles. The fourth-order valence-corrected chi connectivity index (χ4v) is 2.51. The standard InChI is InChI=1S/C15H18N6O3/c1-10-4-2-3-5-11(10)17-15(23)21-8-6-20(7-9-21)14(22)12-13(16)19-24-18-12/h2-5H,6-9H2,1H3,(H2,16,19)(H,17,23). The maximum Gasteiger partial charge on any atom is 0.321 e. The molecule has 126 valence electrons. The molecule has 3 rings (SSSR count). The van der Waals surface area contributed by atoms with Crippen LogP contribution in [-0.4, -0.2) is 58.2 Å². The second-order valence-corrected chi connectivity index (χ2v) is 5.52. The SMILES string of the molecule is Cc1ccccc1NC(=O)N1CCN(C(=O)c2nonc2N)CC1. The Labute approximate surface area is 138 Å². The molecule has 2 aromatic rings. The average Bonchev–Trinajstić information content (AvgIpc) is 3.02. The van der Waals surface area contributed by atoms with E-state index in [1.54, 1.807) is 9.80 Å². The number of rotatable bonds is 2. The van der Waals surface area contributed by atoms with Crippen molar-refractivity contribution in [2.45, 2.75) is 6.92 Å². The third-order valence-electron chi connectivity index (χ3n) is 3.96. The molecule has 1 saturated heterocycles. The summed E-state index contributed by atoms with van der Waals surface area (Å²) in [7, 11) is 0. The molecule has 0 atom stereocenters. The molecule has 3 N–H and O–H groups in total. The van der Waals surface area contributed by atoms with Crippen LogP contribution in [0.15, 0.2) is 28.9 Å². The Morgan fingerprint density at radius 1 is 1.12 bits per heavy atom. The lowest BCUT2D eigenvalue weighted by Gasteiger charge is -2.34. The van der Waals surface area contributed by atoms with Crippen LogP contribution < -0.4 is 11.1 Å². The van der Waals surface area contributed by atoms with E-state index in [0.717, 1.165) is 11.3 Å². The van der Waals surface area contributed by atoms with E-state index >= 15 is 0 Å². The van der Waals surface area contributed by atoms with Crippen molar-refractivity contribution >= 4 is 23.4 Å². The van der Waals surface area contributed by atoms with Gasteiger partial charge in [0, 0.05) is 31.9 Å². The van der Waals surface area contributed by atoms with E-state index in [1.165, 1.54) is 0 Å². The first-order valence-corrected chi connectivity index (χ1v) is 7.55. The van der Waals surface area contributed by atoms with Gasteiger partial charge in [0.2, 0.25) is 11.5 Å². The molecule has 24 heavy (non-hydrogen) atoms. The Balaban J connectivity index is 1.57. The van der Waals surface area contributed by atoms with Crippen LogP contribution in [0.5, 0.6) is 0 Å². The zero-order valence-electron chi connectivity index (χ0n) is 13.2. The summed E-state index contributed by atoms with van der Waals surface area (Å²) < 4.78 is 4.45. The first kappa shape index (κ1) is 15.8. The van der Waals surface area contributed by atoms with Gasteiger partial charge in [0.25, 0.3) is 5.91 Å². The molecule has 2 heterocycles. The molecular formula is C15H18N6O3. The van der Waals surface area contributed by atoms with Crippen molar-refractivity contribution in [1.82, 2.24) is 20.1 Å². The molecule has 1 aliphatic rings. The number of nitrogens with zero attached hydrogens (tertiary/aromatic N) is 4. The van der Waals surface area contributed by atoms with Crippen molar-refractivity contribution in [1.29, 1.82) is 0 Å². The minimum absolute atomic E-state index is 0.00723. The number of benzene rings is 1. The van der Waals surface area contributed by atoms with Crippen LogP contribution >= 0.6 is 0 Å². The second-order valence-electron chi connectivity index (χ2n) is 5.52. The molecule has 3 amide bonds. The molecule has 0 bridgehead atoms. The van der Waals surface area contributed by atoms with Crippen molar-refractivity contribution < 1.29 is 14.2 Å². The molecule has 1 aromatic heterocycles. The lowest BCUT2D eigenvalue weighted by atomic mass is 10.2. The van der Waals surface area contributed by atoms with E-state index < -0.39 is 0 Å². The fraction of sp³-hybridized carbons (Fsp3) is 0.333. The van der Waals surface area contributed by atoms with Crippen molar-refractivity contribution in [2.75, 3.05) is 37.2 Å². The summed E-state index contributed by atoms with van der Waals surface area (Å²) in [6.07, 6.45) is 0. The predicted molar refractivity (Wildman–Crippen MR) is 86.4 cm³/mol. The number of hydrogen-bond donors (Lipinski definition) is 2. The van der Waals surface area contributed by atoms with Crippen LogP contribution in [-0.2, 0) is 0 Å². The van der Waals surface area contributed by atoms with E-state index in [4.69, 9.17) is 5.73 Å². The number of amides is 3. The highest BCUT2D eigenvalue weighted by Gasteiger charge is 2.28. The Bertz CT molecular complexity index is 751. The summed E-state index contributed by atoms with van der Waals surface area (Å²) in [5.74, 6) is -0.368. The van der Waals surface area contributed by atoms with Gasteiger partial charge in [-0.05, 0) is 28.9 Å². The topological polar surface area (TPSA) is 118 Å². The zero-order valence-corrected chi connectivity index (χ0v) is 13.2. The first-order chi connectivity index (χ1) is 11.6. The average molecular weight is 330 g/mol. The summed E-state index contributed by atoms with van der Waals surface area (Å²) in [6.45, 7) is 3.57. The van der Waals surface area contributed by atoms with Gasteiger partial charge in [-0.25, -0.2) is 9.42 Å². The molecule has 9 heteroatoms. The van der Waals surface area contributed by atoms with Gasteiger partial charge in [0.1, 0.15) is 0 Å².